The predicted octanol–water partition coefficient (Wildman–Crippen LogP) is 5.66. The van der Waals surface area contributed by atoms with Crippen molar-refractivity contribution >= 4 is 29.1 Å². The Kier molecular flexibility index (Phi) is 6.24. The number of allylic oxidation sites excluding steroid dienone is 4. The number of benzene rings is 2. The van der Waals surface area contributed by atoms with E-state index in [9.17, 15) is 14.4 Å². The van der Waals surface area contributed by atoms with E-state index in [0.717, 1.165) is 48.2 Å². The molecule has 1 heterocycles. The number of Topliss-reactive ketones (excluding diaryl/α,β-unsaturated/α-hetero) is 2. The van der Waals surface area contributed by atoms with Gasteiger partial charge in [-0.3, -0.25) is 9.59 Å². The van der Waals surface area contributed by atoms with Crippen LogP contribution in [0.4, 0.5) is 0 Å². The zero-order valence-electron chi connectivity index (χ0n) is 19.5. The Morgan fingerprint density at radius 1 is 0.971 bits per heavy atom. The molecule has 0 fully saturated rings. The SMILES string of the molecule is CN1C2=C(C(=O)CCC2)C(c2cc(Cl)ccc2OCc2ccc(C(=O)O)cc2)C2=C1CCCC2=O. The highest BCUT2D eigenvalue weighted by Crippen LogP contribution is 2.50. The van der Waals surface area contributed by atoms with Crippen molar-refractivity contribution in [2.75, 3.05) is 7.05 Å². The molecule has 6 nitrogen and oxygen atoms in total. The maximum atomic E-state index is 13.3. The number of ether oxygens (including phenoxy) is 1. The monoisotopic (exact) mass is 491 g/mol. The van der Waals surface area contributed by atoms with Gasteiger partial charge in [0.1, 0.15) is 12.4 Å². The highest BCUT2D eigenvalue weighted by atomic mass is 35.5. The van der Waals surface area contributed by atoms with Crippen LogP contribution in [0.1, 0.15) is 65.9 Å². The lowest BCUT2D eigenvalue weighted by molar-refractivity contribution is -0.117. The average molecular weight is 492 g/mol. The molecular formula is C28H26ClNO5. The van der Waals surface area contributed by atoms with Gasteiger partial charge < -0.3 is 14.7 Å². The number of halogens is 1. The molecule has 0 bridgehead atoms. The van der Waals surface area contributed by atoms with E-state index in [1.54, 1.807) is 30.3 Å². The Morgan fingerprint density at radius 3 is 2.14 bits per heavy atom. The fourth-order valence-electron chi connectivity index (χ4n) is 5.44. The van der Waals surface area contributed by atoms with Crippen molar-refractivity contribution in [2.45, 2.75) is 51.0 Å². The van der Waals surface area contributed by atoms with Gasteiger partial charge in [0.2, 0.25) is 0 Å². The van der Waals surface area contributed by atoms with E-state index in [4.69, 9.17) is 21.4 Å². The molecule has 7 heteroatoms. The molecule has 0 radical (unpaired) electrons. The van der Waals surface area contributed by atoms with Crippen molar-refractivity contribution < 1.29 is 24.2 Å². The Labute approximate surface area is 208 Å². The van der Waals surface area contributed by atoms with Crippen molar-refractivity contribution in [3.63, 3.8) is 0 Å². The summed E-state index contributed by atoms with van der Waals surface area (Å²) in [6.45, 7) is 0.209. The van der Waals surface area contributed by atoms with E-state index in [1.165, 1.54) is 12.1 Å². The number of nitrogens with zero attached hydrogens (tertiary/aromatic N) is 1. The predicted molar refractivity (Wildman–Crippen MR) is 131 cm³/mol. The molecular weight excluding hydrogens is 466 g/mol. The summed E-state index contributed by atoms with van der Waals surface area (Å²) in [6, 6.07) is 11.8. The first-order valence-electron chi connectivity index (χ1n) is 11.9. The Balaban J connectivity index is 1.58. The van der Waals surface area contributed by atoms with Gasteiger partial charge in [-0.05, 0) is 61.6 Å². The molecule has 35 heavy (non-hydrogen) atoms. The van der Waals surface area contributed by atoms with Crippen LogP contribution in [0.15, 0.2) is 65.0 Å². The number of hydrogen-bond acceptors (Lipinski definition) is 5. The molecule has 0 amide bonds. The summed E-state index contributed by atoms with van der Waals surface area (Å²) < 4.78 is 6.20. The molecule has 0 atom stereocenters. The van der Waals surface area contributed by atoms with Gasteiger partial charge in [0, 0.05) is 58.9 Å². The van der Waals surface area contributed by atoms with Gasteiger partial charge in [0.05, 0.1) is 5.56 Å². The molecule has 0 saturated heterocycles. The molecule has 0 aromatic heterocycles. The third-order valence-electron chi connectivity index (χ3n) is 7.12. The van der Waals surface area contributed by atoms with Crippen molar-refractivity contribution in [1.82, 2.24) is 4.90 Å². The van der Waals surface area contributed by atoms with Crippen LogP contribution in [0.5, 0.6) is 5.75 Å². The quantitative estimate of drug-likeness (QED) is 0.581. The molecule has 0 unspecified atom stereocenters. The molecule has 2 aromatic carbocycles. The van der Waals surface area contributed by atoms with Crippen LogP contribution >= 0.6 is 11.6 Å². The summed E-state index contributed by atoms with van der Waals surface area (Å²) in [5, 5.41) is 9.64. The maximum absolute atomic E-state index is 13.3. The number of carboxylic acids is 1. The van der Waals surface area contributed by atoms with Gasteiger partial charge >= 0.3 is 5.97 Å². The molecule has 5 rings (SSSR count). The lowest BCUT2D eigenvalue weighted by Crippen LogP contribution is -2.37. The number of carbonyl (C=O) groups excluding carboxylic acids is 2. The highest BCUT2D eigenvalue weighted by Gasteiger charge is 2.43. The summed E-state index contributed by atoms with van der Waals surface area (Å²) in [6.07, 6.45) is 4.13. The van der Waals surface area contributed by atoms with E-state index in [0.29, 0.717) is 34.8 Å². The van der Waals surface area contributed by atoms with Crippen LogP contribution in [0, 0.1) is 0 Å². The van der Waals surface area contributed by atoms with E-state index < -0.39 is 11.9 Å². The maximum Gasteiger partial charge on any atom is 0.335 e. The summed E-state index contributed by atoms with van der Waals surface area (Å²) >= 11 is 6.43. The number of rotatable bonds is 5. The van der Waals surface area contributed by atoms with Crippen molar-refractivity contribution in [3.8, 4) is 5.75 Å². The Morgan fingerprint density at radius 2 is 1.57 bits per heavy atom. The molecule has 3 aliphatic rings. The molecule has 0 saturated carbocycles. The zero-order chi connectivity index (χ0) is 24.7. The zero-order valence-corrected chi connectivity index (χ0v) is 20.2. The van der Waals surface area contributed by atoms with Crippen LogP contribution in [0.25, 0.3) is 0 Å². The lowest BCUT2D eigenvalue weighted by Gasteiger charge is -2.42. The number of aromatic carboxylic acids is 1. The molecule has 0 spiro atoms. The fourth-order valence-corrected chi connectivity index (χ4v) is 5.63. The first kappa shape index (κ1) is 23.4. The van der Waals surface area contributed by atoms with Gasteiger partial charge in [-0.1, -0.05) is 23.7 Å². The third-order valence-corrected chi connectivity index (χ3v) is 7.36. The number of carbonyl (C=O) groups is 3. The molecule has 1 N–H and O–H groups in total. The molecule has 2 aromatic rings. The molecule has 1 aliphatic heterocycles. The first-order valence-corrected chi connectivity index (χ1v) is 12.2. The summed E-state index contributed by atoms with van der Waals surface area (Å²) in [5.74, 6) is -0.782. The van der Waals surface area contributed by atoms with Crippen molar-refractivity contribution in [2.24, 2.45) is 0 Å². The van der Waals surface area contributed by atoms with Crippen LogP contribution in [-0.4, -0.2) is 34.6 Å². The van der Waals surface area contributed by atoms with Gasteiger partial charge in [0.15, 0.2) is 11.6 Å². The lowest BCUT2D eigenvalue weighted by atomic mass is 9.71. The van der Waals surface area contributed by atoms with Gasteiger partial charge in [-0.2, -0.15) is 0 Å². The first-order chi connectivity index (χ1) is 16.8. The van der Waals surface area contributed by atoms with Crippen LogP contribution in [0.2, 0.25) is 5.02 Å². The standard InChI is InChI=1S/C28H26ClNO5/c1-30-20-4-2-6-22(31)26(20)25(27-21(30)5-3-7-23(27)32)19-14-18(29)12-13-24(19)35-15-16-8-10-17(11-9-16)28(33)34/h8-14,25H,2-7,15H2,1H3,(H,33,34). The van der Waals surface area contributed by atoms with E-state index in [2.05, 4.69) is 4.90 Å². The summed E-state index contributed by atoms with van der Waals surface area (Å²) in [7, 11) is 1.97. The van der Waals surface area contributed by atoms with E-state index >= 15 is 0 Å². The minimum Gasteiger partial charge on any atom is -0.489 e. The Bertz CT molecular complexity index is 1250. The van der Waals surface area contributed by atoms with Crippen LogP contribution in [0.3, 0.4) is 0 Å². The smallest absolute Gasteiger partial charge is 0.335 e. The second kappa shape index (κ2) is 9.34. The Hall–Kier alpha value is -3.38. The average Bonchev–Trinajstić information content (AvgIpc) is 2.85. The van der Waals surface area contributed by atoms with Crippen molar-refractivity contribution in [1.29, 1.82) is 0 Å². The van der Waals surface area contributed by atoms with Crippen LogP contribution in [-0.2, 0) is 16.2 Å². The fraction of sp³-hybridized carbons (Fsp3) is 0.321. The minimum atomic E-state index is -0.984. The second-order valence-corrected chi connectivity index (χ2v) is 9.68. The topological polar surface area (TPSA) is 83.9 Å². The van der Waals surface area contributed by atoms with E-state index in [-0.39, 0.29) is 23.7 Å². The molecule has 2 aliphatic carbocycles. The molecule has 180 valence electrons. The van der Waals surface area contributed by atoms with Gasteiger partial charge in [-0.15, -0.1) is 0 Å². The largest absolute Gasteiger partial charge is 0.489 e. The summed E-state index contributed by atoms with van der Waals surface area (Å²) in [4.78, 5) is 39.7. The van der Waals surface area contributed by atoms with Crippen molar-refractivity contribution in [3.05, 3.63) is 86.7 Å². The number of carboxylic acid groups (broad SMARTS) is 1. The van der Waals surface area contributed by atoms with Gasteiger partial charge in [0.25, 0.3) is 0 Å². The number of ketones is 2. The third kappa shape index (κ3) is 4.27. The van der Waals surface area contributed by atoms with E-state index in [1.807, 2.05) is 7.05 Å². The minimum absolute atomic E-state index is 0.0724. The van der Waals surface area contributed by atoms with Gasteiger partial charge in [-0.25, -0.2) is 4.79 Å². The normalized spacial score (nSPS) is 18.5. The number of hydrogen-bond donors (Lipinski definition) is 1. The highest BCUT2D eigenvalue weighted by molar-refractivity contribution is 6.30. The van der Waals surface area contributed by atoms with Crippen LogP contribution < -0.4 is 4.74 Å². The summed E-state index contributed by atoms with van der Waals surface area (Å²) in [5.41, 5.74) is 5.10. The second-order valence-electron chi connectivity index (χ2n) is 9.24.